The van der Waals surface area contributed by atoms with Gasteiger partial charge in [0.15, 0.2) is 0 Å². The molecule has 0 saturated heterocycles. The zero-order valence-electron chi connectivity index (χ0n) is 38.2. The highest BCUT2D eigenvalue weighted by Gasteiger charge is 2.30. The van der Waals surface area contributed by atoms with E-state index in [-0.39, 0.29) is 6.04 Å². The lowest BCUT2D eigenvalue weighted by atomic mass is 9.94. The highest BCUT2D eigenvalue weighted by atomic mass is 31.1. The molecule has 0 saturated carbocycles. The predicted octanol–water partition coefficient (Wildman–Crippen LogP) is 12.0. The fourth-order valence-corrected chi connectivity index (χ4v) is 16.3. The van der Waals surface area contributed by atoms with Crippen molar-refractivity contribution in [2.24, 2.45) is 9.98 Å². The molecule has 0 heterocycles. The van der Waals surface area contributed by atoms with Gasteiger partial charge in [0.05, 0.1) is 0 Å². The van der Waals surface area contributed by atoms with E-state index in [1.807, 2.05) is 0 Å². The van der Waals surface area contributed by atoms with Crippen LogP contribution in [0.3, 0.4) is 0 Å². The summed E-state index contributed by atoms with van der Waals surface area (Å²) in [5, 5.41) is 11.6. The van der Waals surface area contributed by atoms with Gasteiger partial charge < -0.3 is 0 Å². The molecule has 332 valence electrons. The second kappa shape index (κ2) is 22.8. The molecule has 5 heteroatoms. The number of aliphatic imine (C=N–C) groups is 2. The third kappa shape index (κ3) is 10.8. The second-order valence-corrected chi connectivity index (χ2v) is 23.1. The lowest BCUT2D eigenvalue weighted by Gasteiger charge is -2.28. The van der Waals surface area contributed by atoms with Gasteiger partial charge in [-0.25, -0.2) is 0 Å². The van der Waals surface area contributed by atoms with E-state index in [0.717, 1.165) is 22.3 Å². The van der Waals surface area contributed by atoms with Crippen LogP contribution in [0.15, 0.2) is 295 Å². The molecule has 0 bridgehead atoms. The van der Waals surface area contributed by atoms with Crippen molar-refractivity contribution in [3.63, 3.8) is 0 Å². The van der Waals surface area contributed by atoms with E-state index < -0.39 is 29.8 Å². The van der Waals surface area contributed by atoms with Crippen molar-refractivity contribution in [1.29, 1.82) is 0 Å². The van der Waals surface area contributed by atoms with E-state index in [2.05, 4.69) is 298 Å². The third-order valence-electron chi connectivity index (χ3n) is 12.1. The van der Waals surface area contributed by atoms with E-state index in [0.29, 0.717) is 0 Å². The van der Waals surface area contributed by atoms with Crippen molar-refractivity contribution in [3.05, 3.63) is 307 Å². The Bertz CT molecular complexity index is 3110. The van der Waals surface area contributed by atoms with E-state index >= 15 is 0 Å². The van der Waals surface area contributed by atoms with Crippen LogP contribution in [0.4, 0.5) is 0 Å². The Morgan fingerprint density at radius 3 is 0.870 bits per heavy atom. The smallest absolute Gasteiger partial charge is 0.102 e. The molecular weight excluding hydrogens is 890 g/mol. The first-order valence-corrected chi connectivity index (χ1v) is 27.4. The first kappa shape index (κ1) is 45.6. The van der Waals surface area contributed by atoms with Gasteiger partial charge in [-0.2, -0.15) is 0 Å². The van der Waals surface area contributed by atoms with Crippen LogP contribution in [-0.2, 0) is 0 Å². The molecular formula is C64H51N2P3. The second-order valence-electron chi connectivity index (χ2n) is 16.6. The van der Waals surface area contributed by atoms with Crippen LogP contribution in [0.1, 0.15) is 34.3 Å². The fourth-order valence-electron chi connectivity index (χ4n) is 8.94. The van der Waals surface area contributed by atoms with Crippen molar-refractivity contribution in [1.82, 2.24) is 0 Å². The Labute approximate surface area is 411 Å². The van der Waals surface area contributed by atoms with Crippen LogP contribution in [0.25, 0.3) is 0 Å². The molecule has 0 fully saturated rings. The van der Waals surface area contributed by atoms with Crippen LogP contribution in [-0.4, -0.2) is 12.4 Å². The van der Waals surface area contributed by atoms with E-state index in [4.69, 9.17) is 9.98 Å². The normalized spacial score (nSPS) is 12.5. The van der Waals surface area contributed by atoms with Crippen molar-refractivity contribution >= 4 is 83.9 Å². The van der Waals surface area contributed by atoms with Gasteiger partial charge >= 0.3 is 0 Å². The lowest BCUT2D eigenvalue weighted by Crippen LogP contribution is -2.26. The molecule has 0 aromatic heterocycles. The molecule has 0 spiro atoms. The molecule has 0 unspecified atom stereocenters. The standard InChI is InChI=1S/C64H51N2P3/c1-8-28-50(29-9-1)63(65-48-51-30-22-25-45-60(51)67(53-32-10-2-11-33-53)54-34-12-3-13-35-54)64(59-44-24-27-47-62(59)69(57-40-18-6-19-41-57)58-42-20-7-21-43-58)66-49-52-31-23-26-46-61(52)68(55-36-14-4-15-37-55)56-38-16-5-17-39-56/h1-49,63-64H/t63-,64-/m1/s1. The quantitative estimate of drug-likeness (QED) is 0.0681. The summed E-state index contributed by atoms with van der Waals surface area (Å²) in [5.41, 5.74) is 4.47. The third-order valence-corrected chi connectivity index (χ3v) is 19.7. The fraction of sp³-hybridized carbons (Fsp3) is 0.0312. The van der Waals surface area contributed by atoms with Crippen LogP contribution < -0.4 is 47.7 Å². The molecule has 2 atom stereocenters. The van der Waals surface area contributed by atoms with Crippen molar-refractivity contribution in [2.75, 3.05) is 0 Å². The van der Waals surface area contributed by atoms with E-state index in [9.17, 15) is 0 Å². The number of nitrogens with zero attached hydrogens (tertiary/aromatic N) is 2. The van der Waals surface area contributed by atoms with Crippen LogP contribution in [0.5, 0.6) is 0 Å². The highest BCUT2D eigenvalue weighted by Crippen LogP contribution is 2.42. The van der Waals surface area contributed by atoms with Gasteiger partial charge in [0.2, 0.25) is 0 Å². The topological polar surface area (TPSA) is 24.7 Å². The number of benzene rings is 10. The average molecular weight is 941 g/mol. The minimum Gasteiger partial charge on any atom is -0.282 e. The summed E-state index contributed by atoms with van der Waals surface area (Å²) in [4.78, 5) is 11.6. The highest BCUT2D eigenvalue weighted by molar-refractivity contribution is 7.80. The summed E-state index contributed by atoms with van der Waals surface area (Å²) in [6, 6.07) is 102. The molecule has 0 aliphatic heterocycles. The predicted molar refractivity (Wildman–Crippen MR) is 303 cm³/mol. The van der Waals surface area contributed by atoms with E-state index in [1.165, 1.54) is 47.7 Å². The Hall–Kier alpha value is -7.17. The van der Waals surface area contributed by atoms with Gasteiger partial charge in [0.25, 0.3) is 0 Å². The Morgan fingerprint density at radius 2 is 0.507 bits per heavy atom. The average Bonchev–Trinajstić information content (AvgIpc) is 3.43. The molecule has 2 nitrogen and oxygen atoms in total. The first-order valence-electron chi connectivity index (χ1n) is 23.4. The SMILES string of the molecule is C(=N[C@H](c1ccccc1)[C@H](N=Cc1ccccc1P(c1ccccc1)c1ccccc1)c1ccccc1P(c1ccccc1)c1ccccc1)c1ccccc1P(c1ccccc1)c1ccccc1. The van der Waals surface area contributed by atoms with Gasteiger partial charge in [-0.05, 0) is 82.6 Å². The monoisotopic (exact) mass is 940 g/mol. The molecule has 0 N–H and O–H groups in total. The summed E-state index contributed by atoms with van der Waals surface area (Å²) in [5.74, 6) is 0. The Balaban J connectivity index is 1.17. The maximum absolute atomic E-state index is 5.85. The van der Waals surface area contributed by atoms with Gasteiger partial charge in [-0.15, -0.1) is 0 Å². The van der Waals surface area contributed by atoms with Crippen LogP contribution in [0.2, 0.25) is 0 Å². The first-order chi connectivity index (χ1) is 34.3. The van der Waals surface area contributed by atoms with Crippen LogP contribution >= 0.6 is 23.8 Å². The minimum absolute atomic E-state index is 0.378. The molecule has 0 aliphatic rings. The zero-order chi connectivity index (χ0) is 46.5. The maximum atomic E-state index is 5.85. The maximum Gasteiger partial charge on any atom is 0.102 e. The summed E-state index contributed by atoms with van der Waals surface area (Å²) in [7, 11) is -2.74. The molecule has 10 rings (SSSR count). The summed E-state index contributed by atoms with van der Waals surface area (Å²) >= 11 is 0. The Morgan fingerprint density at radius 1 is 0.246 bits per heavy atom. The van der Waals surface area contributed by atoms with Crippen LogP contribution in [0, 0.1) is 0 Å². The largest absolute Gasteiger partial charge is 0.282 e. The molecule has 10 aromatic carbocycles. The number of rotatable bonds is 16. The van der Waals surface area contributed by atoms with E-state index in [1.54, 1.807) is 0 Å². The number of hydrogen-bond acceptors (Lipinski definition) is 2. The summed E-state index contributed by atoms with van der Waals surface area (Å²) < 4.78 is 0. The molecule has 0 amide bonds. The number of hydrogen-bond donors (Lipinski definition) is 0. The Kier molecular flexibility index (Phi) is 15.0. The molecule has 0 aliphatic carbocycles. The van der Waals surface area contributed by atoms with Gasteiger partial charge in [-0.3, -0.25) is 9.98 Å². The zero-order valence-corrected chi connectivity index (χ0v) is 40.9. The van der Waals surface area contributed by atoms with Gasteiger partial charge in [-0.1, -0.05) is 285 Å². The minimum atomic E-state index is -0.973. The molecule has 69 heavy (non-hydrogen) atoms. The molecule has 10 aromatic rings. The van der Waals surface area contributed by atoms with Gasteiger partial charge in [0, 0.05) is 23.6 Å². The lowest BCUT2D eigenvalue weighted by molar-refractivity contribution is 0.586. The molecule has 0 radical (unpaired) electrons. The van der Waals surface area contributed by atoms with Gasteiger partial charge in [0.1, 0.15) is 12.1 Å². The van der Waals surface area contributed by atoms with Crippen molar-refractivity contribution < 1.29 is 0 Å². The summed E-state index contributed by atoms with van der Waals surface area (Å²) in [6.07, 6.45) is 4.28. The summed E-state index contributed by atoms with van der Waals surface area (Å²) in [6.45, 7) is 0. The van der Waals surface area contributed by atoms with Crippen molar-refractivity contribution in [3.8, 4) is 0 Å². The van der Waals surface area contributed by atoms with Crippen molar-refractivity contribution in [2.45, 2.75) is 12.1 Å².